The van der Waals surface area contributed by atoms with Crippen molar-refractivity contribution in [3.8, 4) is 11.5 Å². The van der Waals surface area contributed by atoms with Gasteiger partial charge in [-0.25, -0.2) is 5.43 Å². The highest BCUT2D eigenvalue weighted by atomic mass is 16.5. The van der Waals surface area contributed by atoms with Crippen molar-refractivity contribution in [3.63, 3.8) is 0 Å². The van der Waals surface area contributed by atoms with Gasteiger partial charge in [-0.1, -0.05) is 55.5 Å². The molecule has 1 amide bonds. The van der Waals surface area contributed by atoms with Crippen LogP contribution in [0.1, 0.15) is 18.9 Å². The van der Waals surface area contributed by atoms with Crippen molar-refractivity contribution in [1.29, 1.82) is 0 Å². The van der Waals surface area contributed by atoms with Crippen LogP contribution < -0.4 is 14.9 Å². The topological polar surface area (TPSA) is 72.8 Å². The molecule has 0 spiro atoms. The van der Waals surface area contributed by atoms with Crippen molar-refractivity contribution in [2.45, 2.75) is 13.3 Å². The number of hydrazone groups is 1. The fourth-order valence-electron chi connectivity index (χ4n) is 3.28. The first kappa shape index (κ1) is 20.3. The molecule has 156 valence electrons. The number of rotatable bonds is 8. The summed E-state index contributed by atoms with van der Waals surface area (Å²) in [5.74, 6) is 0.929. The number of pyridine rings is 1. The van der Waals surface area contributed by atoms with Crippen LogP contribution in [0.15, 0.2) is 78.0 Å². The zero-order valence-corrected chi connectivity index (χ0v) is 17.2. The fourth-order valence-corrected chi connectivity index (χ4v) is 3.28. The van der Waals surface area contributed by atoms with Crippen LogP contribution in [0.3, 0.4) is 0 Å². The lowest BCUT2D eigenvalue weighted by Gasteiger charge is -2.11. The Balaban J connectivity index is 1.45. The van der Waals surface area contributed by atoms with Gasteiger partial charge >= 0.3 is 0 Å². The first-order valence-electron chi connectivity index (χ1n) is 10.2. The van der Waals surface area contributed by atoms with Crippen molar-refractivity contribution < 1.29 is 14.3 Å². The number of hydrogen-bond acceptors (Lipinski definition) is 5. The molecule has 3 aromatic carbocycles. The normalized spacial score (nSPS) is 11.1. The monoisotopic (exact) mass is 413 g/mol. The molecule has 0 saturated heterocycles. The van der Waals surface area contributed by atoms with Crippen molar-refractivity contribution in [1.82, 2.24) is 10.4 Å². The molecule has 0 aliphatic rings. The molecule has 4 rings (SSSR count). The second-order valence-corrected chi connectivity index (χ2v) is 6.96. The summed E-state index contributed by atoms with van der Waals surface area (Å²) in [6, 6.07) is 21.3. The predicted octanol–water partition coefficient (Wildman–Crippen LogP) is 4.71. The third-order valence-electron chi connectivity index (χ3n) is 4.73. The van der Waals surface area contributed by atoms with Crippen LogP contribution in [0.2, 0.25) is 0 Å². The average molecular weight is 413 g/mol. The minimum absolute atomic E-state index is 0.165. The third-order valence-corrected chi connectivity index (χ3v) is 4.73. The van der Waals surface area contributed by atoms with Gasteiger partial charge in [0.05, 0.1) is 12.8 Å². The molecule has 1 heterocycles. The van der Waals surface area contributed by atoms with Gasteiger partial charge in [-0.3, -0.25) is 9.78 Å². The second-order valence-electron chi connectivity index (χ2n) is 6.96. The molecule has 0 unspecified atom stereocenters. The lowest BCUT2D eigenvalue weighted by molar-refractivity contribution is -0.123. The summed E-state index contributed by atoms with van der Waals surface area (Å²) in [7, 11) is 0. The van der Waals surface area contributed by atoms with E-state index in [1.165, 1.54) is 0 Å². The first-order chi connectivity index (χ1) is 15.3. The van der Waals surface area contributed by atoms with Crippen LogP contribution in [0.25, 0.3) is 21.7 Å². The summed E-state index contributed by atoms with van der Waals surface area (Å²) in [5, 5.41) is 7.17. The summed E-state index contributed by atoms with van der Waals surface area (Å²) in [5.41, 5.74) is 4.07. The summed E-state index contributed by atoms with van der Waals surface area (Å²) in [6.45, 7) is 2.50. The number of amides is 1. The molecule has 0 bridgehead atoms. The minimum Gasteiger partial charge on any atom is -0.493 e. The van der Waals surface area contributed by atoms with Gasteiger partial charge in [0, 0.05) is 17.1 Å². The molecule has 31 heavy (non-hydrogen) atoms. The van der Waals surface area contributed by atoms with Crippen LogP contribution in [0, 0.1) is 0 Å². The Morgan fingerprint density at radius 2 is 1.81 bits per heavy atom. The summed E-state index contributed by atoms with van der Waals surface area (Å²) in [6.07, 6.45) is 4.22. The Morgan fingerprint density at radius 1 is 0.968 bits per heavy atom. The standard InChI is InChI=1S/C25H23N3O3/c1-2-15-30-22-13-12-18-7-3-4-10-20(18)21(22)16-27-28-24(29)17-31-23-11-5-8-19-9-6-14-26-25(19)23/h3-14,16H,2,15,17H2,1H3,(H,28,29)/b27-16-. The fraction of sp³-hybridized carbons (Fsp3) is 0.160. The largest absolute Gasteiger partial charge is 0.493 e. The van der Waals surface area contributed by atoms with Crippen LogP contribution in [0.4, 0.5) is 0 Å². The number of para-hydroxylation sites is 1. The van der Waals surface area contributed by atoms with Gasteiger partial charge in [-0.2, -0.15) is 5.10 Å². The van der Waals surface area contributed by atoms with E-state index in [1.54, 1.807) is 18.5 Å². The second kappa shape index (κ2) is 9.71. The lowest BCUT2D eigenvalue weighted by atomic mass is 10.0. The van der Waals surface area contributed by atoms with E-state index in [0.29, 0.717) is 12.4 Å². The summed E-state index contributed by atoms with van der Waals surface area (Å²) >= 11 is 0. The molecule has 6 heteroatoms. The van der Waals surface area contributed by atoms with Crippen LogP contribution in [-0.2, 0) is 4.79 Å². The molecule has 6 nitrogen and oxygen atoms in total. The lowest BCUT2D eigenvalue weighted by Crippen LogP contribution is -2.24. The zero-order chi connectivity index (χ0) is 21.5. The quantitative estimate of drug-likeness (QED) is 0.336. The van der Waals surface area contributed by atoms with E-state index in [9.17, 15) is 4.79 Å². The van der Waals surface area contributed by atoms with E-state index in [0.717, 1.165) is 39.4 Å². The molecule has 0 atom stereocenters. The SMILES string of the molecule is CCCOc1ccc2ccccc2c1/C=N\NC(=O)COc1cccc2cccnc12. The van der Waals surface area contributed by atoms with Gasteiger partial charge in [0.1, 0.15) is 17.0 Å². The number of carbonyl (C=O) groups is 1. The maximum Gasteiger partial charge on any atom is 0.277 e. The molecule has 4 aromatic rings. The summed E-state index contributed by atoms with van der Waals surface area (Å²) < 4.78 is 11.5. The Morgan fingerprint density at radius 3 is 2.71 bits per heavy atom. The number of hydrogen-bond donors (Lipinski definition) is 1. The van der Waals surface area contributed by atoms with E-state index >= 15 is 0 Å². The maximum atomic E-state index is 12.3. The van der Waals surface area contributed by atoms with Gasteiger partial charge in [0.2, 0.25) is 0 Å². The van der Waals surface area contributed by atoms with Crippen molar-refractivity contribution in [3.05, 3.63) is 78.5 Å². The molecule has 1 N–H and O–H groups in total. The Kier molecular flexibility index (Phi) is 6.38. The van der Waals surface area contributed by atoms with Gasteiger partial charge in [-0.15, -0.1) is 0 Å². The van der Waals surface area contributed by atoms with Crippen molar-refractivity contribution in [2.75, 3.05) is 13.2 Å². The molecule has 0 aliphatic carbocycles. The Labute approximate surface area is 180 Å². The van der Waals surface area contributed by atoms with E-state index in [4.69, 9.17) is 9.47 Å². The highest BCUT2D eigenvalue weighted by Gasteiger charge is 2.08. The van der Waals surface area contributed by atoms with Gasteiger partial charge in [-0.05, 0) is 35.4 Å². The van der Waals surface area contributed by atoms with E-state index in [1.807, 2.05) is 60.7 Å². The molecular formula is C25H23N3O3. The van der Waals surface area contributed by atoms with E-state index in [-0.39, 0.29) is 12.5 Å². The van der Waals surface area contributed by atoms with Crippen LogP contribution >= 0.6 is 0 Å². The molecule has 0 radical (unpaired) electrons. The number of aromatic nitrogens is 1. The number of carbonyl (C=O) groups excluding carboxylic acids is 1. The number of nitrogens with zero attached hydrogens (tertiary/aromatic N) is 2. The average Bonchev–Trinajstić information content (AvgIpc) is 2.82. The number of nitrogens with one attached hydrogen (secondary N) is 1. The summed E-state index contributed by atoms with van der Waals surface area (Å²) in [4.78, 5) is 16.6. The van der Waals surface area contributed by atoms with Gasteiger partial charge < -0.3 is 9.47 Å². The number of ether oxygens (including phenoxy) is 2. The Hall–Kier alpha value is -3.93. The maximum absolute atomic E-state index is 12.3. The first-order valence-corrected chi connectivity index (χ1v) is 10.2. The highest BCUT2D eigenvalue weighted by molar-refractivity contribution is 6.02. The predicted molar refractivity (Wildman–Crippen MR) is 123 cm³/mol. The van der Waals surface area contributed by atoms with E-state index < -0.39 is 0 Å². The van der Waals surface area contributed by atoms with Gasteiger partial charge in [0.15, 0.2) is 6.61 Å². The van der Waals surface area contributed by atoms with Crippen molar-refractivity contribution >= 4 is 33.8 Å². The molecule has 0 fully saturated rings. The molecule has 0 saturated carbocycles. The third kappa shape index (κ3) is 4.80. The Bertz CT molecular complexity index is 1230. The van der Waals surface area contributed by atoms with Crippen LogP contribution in [-0.4, -0.2) is 30.3 Å². The van der Waals surface area contributed by atoms with Crippen LogP contribution in [0.5, 0.6) is 11.5 Å². The number of benzene rings is 3. The van der Waals surface area contributed by atoms with Crippen molar-refractivity contribution in [2.24, 2.45) is 5.10 Å². The minimum atomic E-state index is -0.361. The zero-order valence-electron chi connectivity index (χ0n) is 17.2. The number of fused-ring (bicyclic) bond motifs is 2. The molecule has 0 aliphatic heterocycles. The smallest absolute Gasteiger partial charge is 0.277 e. The van der Waals surface area contributed by atoms with E-state index in [2.05, 4.69) is 22.4 Å². The van der Waals surface area contributed by atoms with Gasteiger partial charge in [0.25, 0.3) is 5.91 Å². The molecule has 1 aromatic heterocycles. The highest BCUT2D eigenvalue weighted by Crippen LogP contribution is 2.27. The molecular weight excluding hydrogens is 390 g/mol.